The van der Waals surface area contributed by atoms with Crippen molar-refractivity contribution < 1.29 is 4.39 Å². The van der Waals surface area contributed by atoms with E-state index in [9.17, 15) is 4.39 Å². The summed E-state index contributed by atoms with van der Waals surface area (Å²) in [5, 5.41) is 4.37. The lowest BCUT2D eigenvalue weighted by Gasteiger charge is -2.16. The van der Waals surface area contributed by atoms with Crippen molar-refractivity contribution in [1.82, 2.24) is 5.32 Å². The highest BCUT2D eigenvalue weighted by Crippen LogP contribution is 2.25. The largest absolute Gasteiger partial charge is 0.313 e. The maximum atomic E-state index is 12.8. The Morgan fingerprint density at radius 2 is 2.18 bits per heavy atom. The van der Waals surface area contributed by atoms with Crippen LogP contribution in [0, 0.1) is 5.82 Å². The van der Waals surface area contributed by atoms with Crippen LogP contribution >= 0.6 is 11.8 Å². The second kappa shape index (κ2) is 6.41. The van der Waals surface area contributed by atoms with Crippen molar-refractivity contribution in [1.29, 1.82) is 0 Å². The fourth-order valence-electron chi connectivity index (χ4n) is 2.18. The van der Waals surface area contributed by atoms with Gasteiger partial charge in [-0.2, -0.15) is 11.8 Å². The van der Waals surface area contributed by atoms with Crippen molar-refractivity contribution in [3.63, 3.8) is 0 Å². The maximum Gasteiger partial charge on any atom is 0.123 e. The third kappa shape index (κ3) is 4.32. The molecule has 94 valence electrons. The summed E-state index contributed by atoms with van der Waals surface area (Å²) in [6.45, 7) is 3.30. The lowest BCUT2D eigenvalue weighted by molar-refractivity contribution is 0.535. The Hall–Kier alpha value is -0.540. The second-order valence-corrected chi connectivity index (χ2v) is 6.18. The zero-order chi connectivity index (χ0) is 12.1. The molecule has 1 saturated heterocycles. The van der Waals surface area contributed by atoms with E-state index in [0.29, 0.717) is 6.04 Å². The van der Waals surface area contributed by atoms with Gasteiger partial charge in [0, 0.05) is 17.8 Å². The average Bonchev–Trinajstić information content (AvgIpc) is 2.83. The number of thioether (sulfide) groups is 1. The summed E-state index contributed by atoms with van der Waals surface area (Å²) in [6.07, 6.45) is 3.68. The van der Waals surface area contributed by atoms with Gasteiger partial charge in [0.1, 0.15) is 5.82 Å². The van der Waals surface area contributed by atoms with Gasteiger partial charge in [-0.05, 0) is 49.6 Å². The maximum absolute atomic E-state index is 12.8. The minimum atomic E-state index is -0.156. The lowest BCUT2D eigenvalue weighted by atomic mass is 10.1. The van der Waals surface area contributed by atoms with E-state index in [0.717, 1.165) is 18.2 Å². The van der Waals surface area contributed by atoms with E-state index >= 15 is 0 Å². The van der Waals surface area contributed by atoms with Crippen LogP contribution < -0.4 is 5.32 Å². The van der Waals surface area contributed by atoms with E-state index in [-0.39, 0.29) is 5.82 Å². The van der Waals surface area contributed by atoms with Crippen molar-refractivity contribution in [2.45, 2.75) is 37.5 Å². The van der Waals surface area contributed by atoms with Gasteiger partial charge in [-0.15, -0.1) is 0 Å². The Morgan fingerprint density at radius 1 is 1.41 bits per heavy atom. The van der Waals surface area contributed by atoms with E-state index in [1.54, 1.807) is 0 Å². The average molecular weight is 253 g/mol. The van der Waals surface area contributed by atoms with Crippen LogP contribution in [0.2, 0.25) is 0 Å². The standard InChI is InChI=1S/C14H20FNS/c1-11(16-10-14-3-2-8-17-14)9-12-4-6-13(15)7-5-12/h4-7,11,14,16H,2-3,8-10H2,1H3. The Kier molecular flexibility index (Phi) is 4.86. The van der Waals surface area contributed by atoms with E-state index in [1.807, 2.05) is 12.1 Å². The molecule has 2 atom stereocenters. The summed E-state index contributed by atoms with van der Waals surface area (Å²) >= 11 is 2.08. The number of rotatable bonds is 5. The van der Waals surface area contributed by atoms with Gasteiger partial charge in [-0.25, -0.2) is 4.39 Å². The molecule has 0 aromatic heterocycles. The first-order chi connectivity index (χ1) is 8.24. The molecule has 1 fully saturated rings. The van der Waals surface area contributed by atoms with Crippen molar-refractivity contribution in [3.05, 3.63) is 35.6 Å². The molecular weight excluding hydrogens is 233 g/mol. The second-order valence-electron chi connectivity index (χ2n) is 4.77. The smallest absolute Gasteiger partial charge is 0.123 e. The molecule has 1 aromatic rings. The van der Waals surface area contributed by atoms with Gasteiger partial charge in [0.05, 0.1) is 0 Å². The molecule has 0 bridgehead atoms. The molecule has 0 aliphatic carbocycles. The minimum Gasteiger partial charge on any atom is -0.313 e. The van der Waals surface area contributed by atoms with Crippen LogP contribution in [-0.2, 0) is 6.42 Å². The zero-order valence-corrected chi connectivity index (χ0v) is 11.1. The highest BCUT2D eigenvalue weighted by molar-refractivity contribution is 8.00. The van der Waals surface area contributed by atoms with Gasteiger partial charge in [-0.3, -0.25) is 0 Å². The highest BCUT2D eigenvalue weighted by atomic mass is 32.2. The van der Waals surface area contributed by atoms with E-state index in [2.05, 4.69) is 24.0 Å². The molecule has 0 radical (unpaired) electrons. The number of benzene rings is 1. The molecule has 1 aromatic carbocycles. The number of hydrogen-bond acceptors (Lipinski definition) is 2. The van der Waals surface area contributed by atoms with Crippen molar-refractivity contribution in [2.24, 2.45) is 0 Å². The zero-order valence-electron chi connectivity index (χ0n) is 10.3. The van der Waals surface area contributed by atoms with Crippen molar-refractivity contribution in [2.75, 3.05) is 12.3 Å². The molecule has 1 N–H and O–H groups in total. The molecule has 2 rings (SSSR count). The van der Waals surface area contributed by atoms with Gasteiger partial charge in [0.25, 0.3) is 0 Å². The molecule has 1 heterocycles. The highest BCUT2D eigenvalue weighted by Gasteiger charge is 2.15. The summed E-state index contributed by atoms with van der Waals surface area (Å²) in [7, 11) is 0. The Morgan fingerprint density at radius 3 is 2.82 bits per heavy atom. The predicted molar refractivity (Wildman–Crippen MR) is 73.0 cm³/mol. The van der Waals surface area contributed by atoms with Crippen LogP contribution in [0.25, 0.3) is 0 Å². The van der Waals surface area contributed by atoms with E-state index in [4.69, 9.17) is 0 Å². The quantitative estimate of drug-likeness (QED) is 0.864. The molecular formula is C14H20FNS. The van der Waals surface area contributed by atoms with Crippen LogP contribution in [0.1, 0.15) is 25.3 Å². The molecule has 0 saturated carbocycles. The van der Waals surface area contributed by atoms with E-state index in [1.165, 1.54) is 36.3 Å². The molecule has 17 heavy (non-hydrogen) atoms. The minimum absolute atomic E-state index is 0.156. The molecule has 1 aliphatic rings. The van der Waals surface area contributed by atoms with Gasteiger partial charge in [0.15, 0.2) is 0 Å². The fraction of sp³-hybridized carbons (Fsp3) is 0.571. The summed E-state index contributed by atoms with van der Waals surface area (Å²) in [6, 6.07) is 7.28. The van der Waals surface area contributed by atoms with Crippen LogP contribution in [0.5, 0.6) is 0 Å². The first-order valence-corrected chi connectivity index (χ1v) is 7.38. The summed E-state index contributed by atoms with van der Waals surface area (Å²) in [5.41, 5.74) is 1.20. The van der Waals surface area contributed by atoms with Gasteiger partial charge in [-0.1, -0.05) is 12.1 Å². The lowest BCUT2D eigenvalue weighted by Crippen LogP contribution is -2.33. The van der Waals surface area contributed by atoms with Crippen LogP contribution in [-0.4, -0.2) is 23.6 Å². The van der Waals surface area contributed by atoms with Crippen LogP contribution in [0.3, 0.4) is 0 Å². The Bertz CT molecular complexity index is 333. The summed E-state index contributed by atoms with van der Waals surface area (Å²) in [4.78, 5) is 0. The van der Waals surface area contributed by atoms with Crippen molar-refractivity contribution >= 4 is 11.8 Å². The van der Waals surface area contributed by atoms with Crippen LogP contribution in [0.4, 0.5) is 4.39 Å². The summed E-state index contributed by atoms with van der Waals surface area (Å²) < 4.78 is 12.8. The van der Waals surface area contributed by atoms with Crippen LogP contribution in [0.15, 0.2) is 24.3 Å². The van der Waals surface area contributed by atoms with Gasteiger partial charge in [0.2, 0.25) is 0 Å². The SMILES string of the molecule is CC(Cc1ccc(F)cc1)NCC1CCCS1. The normalized spacial score (nSPS) is 21.6. The first-order valence-electron chi connectivity index (χ1n) is 6.33. The molecule has 1 nitrogen and oxygen atoms in total. The molecule has 0 amide bonds. The van der Waals surface area contributed by atoms with Gasteiger partial charge >= 0.3 is 0 Å². The number of nitrogens with one attached hydrogen (secondary N) is 1. The monoisotopic (exact) mass is 253 g/mol. The fourth-order valence-corrected chi connectivity index (χ4v) is 3.40. The summed E-state index contributed by atoms with van der Waals surface area (Å²) in [5.74, 6) is 1.16. The topological polar surface area (TPSA) is 12.0 Å². The molecule has 0 spiro atoms. The third-order valence-electron chi connectivity index (χ3n) is 3.17. The predicted octanol–water partition coefficient (Wildman–Crippen LogP) is 3.24. The molecule has 2 unspecified atom stereocenters. The Labute approximate surface area is 107 Å². The van der Waals surface area contributed by atoms with Crippen molar-refractivity contribution in [3.8, 4) is 0 Å². The number of hydrogen-bond donors (Lipinski definition) is 1. The van der Waals surface area contributed by atoms with Gasteiger partial charge < -0.3 is 5.32 Å². The van der Waals surface area contributed by atoms with E-state index < -0.39 is 0 Å². The molecule has 1 aliphatic heterocycles. The first kappa shape index (κ1) is 12.9. The third-order valence-corrected chi connectivity index (χ3v) is 4.57. The molecule has 3 heteroatoms. The Balaban J connectivity index is 1.72. The number of halogens is 1.